The molecule has 9 heteroatoms. The lowest BCUT2D eigenvalue weighted by Gasteiger charge is -2.26. The molecule has 8 N–H and O–H groups in total. The van der Waals surface area contributed by atoms with Gasteiger partial charge in [0.25, 0.3) is 0 Å². The molecule has 0 saturated heterocycles. The van der Waals surface area contributed by atoms with Crippen molar-refractivity contribution in [3.05, 3.63) is 35.9 Å². The lowest BCUT2D eigenvalue weighted by molar-refractivity contribution is -0.135. The van der Waals surface area contributed by atoms with E-state index in [9.17, 15) is 14.4 Å². The number of hydrogen-bond donors (Lipinski definition) is 5. The molecule has 0 aliphatic heterocycles. The van der Waals surface area contributed by atoms with Crippen LogP contribution in [0.3, 0.4) is 0 Å². The number of amides is 3. The first-order chi connectivity index (χ1) is 19.4. The van der Waals surface area contributed by atoms with Crippen LogP contribution in [0, 0.1) is 0 Å². The molecule has 1 aromatic carbocycles. The van der Waals surface area contributed by atoms with E-state index in [1.54, 1.807) is 0 Å². The van der Waals surface area contributed by atoms with Crippen LogP contribution < -0.4 is 27.8 Å². The third-order valence-corrected chi connectivity index (χ3v) is 7.78. The quantitative estimate of drug-likeness (QED) is 0.251. The van der Waals surface area contributed by atoms with Gasteiger partial charge in [-0.05, 0) is 31.2 Å². The zero-order chi connectivity index (χ0) is 29.0. The maximum absolute atomic E-state index is 13.6. The van der Waals surface area contributed by atoms with Crippen LogP contribution in [0.4, 0.5) is 0 Å². The second-order valence-corrected chi connectivity index (χ2v) is 11.2. The third-order valence-electron chi connectivity index (χ3n) is 7.78. The number of carbonyl (C=O) groups is 3. The summed E-state index contributed by atoms with van der Waals surface area (Å²) in [7, 11) is 0. The summed E-state index contributed by atoms with van der Waals surface area (Å²) in [4.78, 5) is 40.9. The molecular formula is C31H54N6O3. The van der Waals surface area contributed by atoms with Crippen molar-refractivity contribution in [2.45, 2.75) is 114 Å². The van der Waals surface area contributed by atoms with Gasteiger partial charge in [-0.15, -0.1) is 0 Å². The first-order valence-electron chi connectivity index (χ1n) is 15.5. The number of carbonyl (C=O) groups excluding carboxylic acids is 3. The monoisotopic (exact) mass is 558 g/mol. The zero-order valence-electron chi connectivity index (χ0n) is 24.5. The van der Waals surface area contributed by atoms with E-state index in [2.05, 4.69) is 10.6 Å². The highest BCUT2D eigenvalue weighted by Gasteiger charge is 2.27. The molecule has 1 fully saturated rings. The molecule has 0 spiro atoms. The predicted molar refractivity (Wildman–Crippen MR) is 161 cm³/mol. The van der Waals surface area contributed by atoms with Gasteiger partial charge in [0.05, 0.1) is 12.5 Å². The Kier molecular flexibility index (Phi) is 17.2. The summed E-state index contributed by atoms with van der Waals surface area (Å²) in [5.41, 5.74) is 18.5. The van der Waals surface area contributed by atoms with Crippen molar-refractivity contribution in [3.8, 4) is 0 Å². The van der Waals surface area contributed by atoms with Gasteiger partial charge in [0.1, 0.15) is 6.04 Å². The molecule has 2 atom stereocenters. The van der Waals surface area contributed by atoms with E-state index in [4.69, 9.17) is 17.2 Å². The minimum Gasteiger partial charge on any atom is -0.352 e. The molecule has 0 heterocycles. The molecule has 1 aliphatic carbocycles. The molecule has 0 radical (unpaired) electrons. The molecule has 40 heavy (non-hydrogen) atoms. The first kappa shape index (κ1) is 33.7. The number of nitrogens with zero attached hydrogens (tertiary/aromatic N) is 1. The van der Waals surface area contributed by atoms with Gasteiger partial charge in [0.15, 0.2) is 0 Å². The van der Waals surface area contributed by atoms with Gasteiger partial charge in [0, 0.05) is 32.2 Å². The van der Waals surface area contributed by atoms with E-state index in [0.717, 1.165) is 31.2 Å². The van der Waals surface area contributed by atoms with Crippen LogP contribution in [0.15, 0.2) is 30.3 Å². The Hall–Kier alpha value is -2.49. The Morgan fingerprint density at radius 2 is 1.32 bits per heavy atom. The van der Waals surface area contributed by atoms with Crippen LogP contribution in [0.25, 0.3) is 0 Å². The largest absolute Gasteiger partial charge is 0.352 e. The van der Waals surface area contributed by atoms with Crippen LogP contribution in [0.1, 0.15) is 95.5 Å². The molecule has 226 valence electrons. The van der Waals surface area contributed by atoms with Crippen molar-refractivity contribution >= 4 is 17.7 Å². The second-order valence-electron chi connectivity index (χ2n) is 11.2. The maximum atomic E-state index is 13.6. The van der Waals surface area contributed by atoms with Gasteiger partial charge in [-0.25, -0.2) is 0 Å². The topological polar surface area (TPSA) is 157 Å². The third kappa shape index (κ3) is 13.7. The molecule has 1 aliphatic rings. The van der Waals surface area contributed by atoms with Crippen molar-refractivity contribution in [1.82, 2.24) is 15.5 Å². The van der Waals surface area contributed by atoms with E-state index >= 15 is 0 Å². The van der Waals surface area contributed by atoms with Gasteiger partial charge in [-0.2, -0.15) is 0 Å². The van der Waals surface area contributed by atoms with Gasteiger partial charge in [-0.1, -0.05) is 94.5 Å². The van der Waals surface area contributed by atoms with E-state index in [-0.39, 0.29) is 24.3 Å². The highest BCUT2D eigenvalue weighted by molar-refractivity contribution is 5.92. The molecule has 9 nitrogen and oxygen atoms in total. The standard InChI is InChI=1S/C31H54N6O3/c32-20-22-37(23-21-33)29(38)24-27(34)30(39)36-28(19-18-25-14-10-9-11-15-25)31(40)35-26-16-12-7-5-3-1-2-4-6-8-13-17-26/h9-11,14-15,26-28H,1-8,12-13,16-24,32-34H2,(H,35,40)(H,36,39). The Balaban J connectivity index is 2.04. The van der Waals surface area contributed by atoms with E-state index < -0.39 is 18.0 Å². The summed E-state index contributed by atoms with van der Waals surface area (Å²) in [6.07, 6.45) is 15.2. The average molecular weight is 559 g/mol. The Morgan fingerprint density at radius 3 is 1.85 bits per heavy atom. The number of nitrogens with one attached hydrogen (secondary N) is 2. The van der Waals surface area contributed by atoms with Crippen LogP contribution in [-0.2, 0) is 20.8 Å². The highest BCUT2D eigenvalue weighted by atomic mass is 16.2. The molecule has 2 unspecified atom stereocenters. The zero-order valence-corrected chi connectivity index (χ0v) is 24.5. The fourth-order valence-corrected chi connectivity index (χ4v) is 5.37. The highest BCUT2D eigenvalue weighted by Crippen LogP contribution is 2.17. The molecule has 3 amide bonds. The summed E-state index contributed by atoms with van der Waals surface area (Å²) in [6.45, 7) is 1.31. The van der Waals surface area contributed by atoms with Crippen molar-refractivity contribution in [2.24, 2.45) is 17.2 Å². The normalized spacial score (nSPS) is 17.4. The molecule has 0 aromatic heterocycles. The van der Waals surface area contributed by atoms with Gasteiger partial charge in [0.2, 0.25) is 17.7 Å². The minimum atomic E-state index is -1.07. The number of benzene rings is 1. The van der Waals surface area contributed by atoms with Crippen molar-refractivity contribution in [2.75, 3.05) is 26.2 Å². The van der Waals surface area contributed by atoms with Crippen molar-refractivity contribution in [3.63, 3.8) is 0 Å². The Bertz CT molecular complexity index is 833. The molecule has 2 rings (SSSR count). The van der Waals surface area contributed by atoms with Gasteiger partial charge < -0.3 is 32.7 Å². The molecule has 0 bridgehead atoms. The van der Waals surface area contributed by atoms with Crippen molar-refractivity contribution in [1.29, 1.82) is 0 Å². The maximum Gasteiger partial charge on any atom is 0.242 e. The smallest absolute Gasteiger partial charge is 0.242 e. The SMILES string of the molecule is NCCN(CCN)C(=O)CC(N)C(=O)NC(CCc1ccccc1)C(=O)NC1CCCCCCCCCCCC1. The van der Waals surface area contributed by atoms with Gasteiger partial charge >= 0.3 is 0 Å². The van der Waals surface area contributed by atoms with E-state index in [1.807, 2.05) is 30.3 Å². The summed E-state index contributed by atoms with van der Waals surface area (Å²) < 4.78 is 0. The second kappa shape index (κ2) is 20.4. The first-order valence-corrected chi connectivity index (χ1v) is 15.5. The molecule has 1 aromatic rings. The summed E-state index contributed by atoms with van der Waals surface area (Å²) in [5, 5.41) is 6.13. The van der Waals surface area contributed by atoms with Crippen LogP contribution in [0.5, 0.6) is 0 Å². The van der Waals surface area contributed by atoms with Crippen LogP contribution >= 0.6 is 0 Å². The minimum absolute atomic E-state index is 0.0979. The number of rotatable bonds is 13. The molecule has 1 saturated carbocycles. The predicted octanol–water partition coefficient (Wildman–Crippen LogP) is 2.75. The van der Waals surface area contributed by atoms with Crippen LogP contribution in [0.2, 0.25) is 0 Å². The Morgan fingerprint density at radius 1 is 0.800 bits per heavy atom. The lowest BCUT2D eigenvalue weighted by atomic mass is 9.99. The number of nitrogens with two attached hydrogens (primary N) is 3. The fourth-order valence-electron chi connectivity index (χ4n) is 5.37. The number of aryl methyl sites for hydroxylation is 1. The van der Waals surface area contributed by atoms with Gasteiger partial charge in [-0.3, -0.25) is 14.4 Å². The summed E-state index contributed by atoms with van der Waals surface area (Å²) in [6, 6.07) is 8.21. The summed E-state index contributed by atoms with van der Waals surface area (Å²) in [5.74, 6) is -0.949. The Labute approximate surface area is 241 Å². The van der Waals surface area contributed by atoms with E-state index in [1.165, 1.54) is 56.3 Å². The molecular weight excluding hydrogens is 504 g/mol. The van der Waals surface area contributed by atoms with Crippen molar-refractivity contribution < 1.29 is 14.4 Å². The average Bonchev–Trinajstić information content (AvgIpc) is 2.97. The summed E-state index contributed by atoms with van der Waals surface area (Å²) >= 11 is 0. The van der Waals surface area contributed by atoms with E-state index in [0.29, 0.717) is 39.0 Å². The number of hydrogen-bond acceptors (Lipinski definition) is 6. The lowest BCUT2D eigenvalue weighted by Crippen LogP contribution is -2.54. The van der Waals surface area contributed by atoms with Crippen LogP contribution in [-0.4, -0.2) is 66.9 Å². The fraction of sp³-hybridized carbons (Fsp3) is 0.710.